The molecule has 29 heavy (non-hydrogen) atoms. The molecule has 2 aliphatic heterocycles. The van der Waals surface area contributed by atoms with Crippen LogP contribution in [0.1, 0.15) is 27.2 Å². The van der Waals surface area contributed by atoms with Crippen molar-refractivity contribution in [1.29, 1.82) is 0 Å². The van der Waals surface area contributed by atoms with E-state index in [4.69, 9.17) is 9.15 Å². The number of nitrogens with one attached hydrogen (secondary N) is 1. The highest BCUT2D eigenvalue weighted by Crippen LogP contribution is 2.42. The average molecular weight is 390 g/mol. The second-order valence-corrected chi connectivity index (χ2v) is 7.55. The zero-order valence-electron chi connectivity index (χ0n) is 16.2. The standard InChI is InChI=1S/C23H22N2O4/c1-14-10-18(26)17(13-25-8-6-24-7-9-25)23-21(14)22(27)20(29-23)12-16-11-15-4-2-3-5-19(15)28-16/h2-5,10-12,24,26H,6-9,13H2,1H3/b20-12-. The van der Waals surface area contributed by atoms with Gasteiger partial charge in [-0.05, 0) is 30.7 Å². The number of phenolic OH excluding ortho intramolecular Hbond substituents is 1. The van der Waals surface area contributed by atoms with Crippen molar-refractivity contribution < 1.29 is 19.1 Å². The number of nitrogens with zero attached hydrogens (tertiary/aromatic N) is 1. The maximum atomic E-state index is 13.1. The minimum Gasteiger partial charge on any atom is -0.507 e. The number of aromatic hydroxyl groups is 1. The van der Waals surface area contributed by atoms with Crippen molar-refractivity contribution in [3.8, 4) is 11.5 Å². The predicted octanol–water partition coefficient (Wildman–Crippen LogP) is 3.47. The first-order valence-electron chi connectivity index (χ1n) is 9.81. The zero-order chi connectivity index (χ0) is 20.0. The molecule has 2 aromatic carbocycles. The summed E-state index contributed by atoms with van der Waals surface area (Å²) in [6.45, 7) is 5.95. The number of ketones is 1. The molecule has 0 spiro atoms. The monoisotopic (exact) mass is 390 g/mol. The van der Waals surface area contributed by atoms with Crippen LogP contribution < -0.4 is 10.1 Å². The lowest BCUT2D eigenvalue weighted by molar-refractivity contribution is 0.101. The van der Waals surface area contributed by atoms with Gasteiger partial charge in [-0.3, -0.25) is 9.69 Å². The number of Topliss-reactive ketones (excluding diaryl/α,β-unsaturated/α-hetero) is 1. The number of phenols is 1. The second-order valence-electron chi connectivity index (χ2n) is 7.55. The molecule has 1 aromatic heterocycles. The van der Waals surface area contributed by atoms with Crippen LogP contribution in [0.15, 0.2) is 46.6 Å². The number of benzene rings is 2. The van der Waals surface area contributed by atoms with Crippen LogP contribution in [0, 0.1) is 6.92 Å². The SMILES string of the molecule is Cc1cc(O)c(CN2CCNCC2)c2c1C(=O)/C(=C/c1cc3ccccc3o1)O2. The average Bonchev–Trinajstić information content (AvgIpc) is 3.27. The Labute approximate surface area is 168 Å². The lowest BCUT2D eigenvalue weighted by Crippen LogP contribution is -2.42. The lowest BCUT2D eigenvalue weighted by atomic mass is 9.99. The van der Waals surface area contributed by atoms with Crippen LogP contribution in [-0.2, 0) is 6.54 Å². The van der Waals surface area contributed by atoms with Crippen LogP contribution in [-0.4, -0.2) is 42.0 Å². The Hall–Kier alpha value is -3.09. The van der Waals surface area contributed by atoms with Gasteiger partial charge in [-0.1, -0.05) is 18.2 Å². The molecule has 0 atom stereocenters. The van der Waals surface area contributed by atoms with E-state index in [0.29, 0.717) is 34.7 Å². The van der Waals surface area contributed by atoms with Crippen molar-refractivity contribution in [1.82, 2.24) is 10.2 Å². The van der Waals surface area contributed by atoms with Crippen molar-refractivity contribution in [2.24, 2.45) is 0 Å². The molecule has 5 rings (SSSR count). The topological polar surface area (TPSA) is 74.9 Å². The number of hydrogen-bond acceptors (Lipinski definition) is 6. The molecule has 3 aromatic rings. The number of piperazine rings is 1. The molecular formula is C23H22N2O4. The van der Waals surface area contributed by atoms with E-state index < -0.39 is 0 Å². The van der Waals surface area contributed by atoms with Gasteiger partial charge in [0.15, 0.2) is 5.76 Å². The van der Waals surface area contributed by atoms with Gasteiger partial charge >= 0.3 is 0 Å². The van der Waals surface area contributed by atoms with Crippen molar-refractivity contribution in [3.05, 3.63) is 64.6 Å². The first-order valence-corrected chi connectivity index (χ1v) is 9.81. The number of allylic oxidation sites excluding steroid dienone is 1. The Morgan fingerprint density at radius 1 is 1.21 bits per heavy atom. The smallest absolute Gasteiger partial charge is 0.232 e. The first kappa shape index (κ1) is 18.0. The van der Waals surface area contributed by atoms with Crippen molar-refractivity contribution >= 4 is 22.8 Å². The maximum absolute atomic E-state index is 13.1. The third-order valence-corrected chi connectivity index (χ3v) is 5.53. The molecule has 0 bridgehead atoms. The molecule has 0 radical (unpaired) electrons. The number of fused-ring (bicyclic) bond motifs is 2. The molecule has 0 aliphatic carbocycles. The Morgan fingerprint density at radius 2 is 2.00 bits per heavy atom. The Bertz CT molecular complexity index is 1110. The Balaban J connectivity index is 1.52. The highest BCUT2D eigenvalue weighted by Gasteiger charge is 2.34. The van der Waals surface area contributed by atoms with Gasteiger partial charge in [0.05, 0.1) is 11.1 Å². The molecule has 0 amide bonds. The minimum atomic E-state index is -0.181. The van der Waals surface area contributed by atoms with Crippen LogP contribution in [0.2, 0.25) is 0 Å². The van der Waals surface area contributed by atoms with Crippen LogP contribution >= 0.6 is 0 Å². The van der Waals surface area contributed by atoms with Crippen molar-refractivity contribution in [2.45, 2.75) is 13.5 Å². The van der Waals surface area contributed by atoms with Crippen LogP contribution in [0.25, 0.3) is 17.0 Å². The summed E-state index contributed by atoms with van der Waals surface area (Å²) in [5.41, 5.74) is 2.65. The Morgan fingerprint density at radius 3 is 2.79 bits per heavy atom. The van der Waals surface area contributed by atoms with Crippen molar-refractivity contribution in [3.63, 3.8) is 0 Å². The summed E-state index contributed by atoms with van der Waals surface area (Å²) in [7, 11) is 0. The number of para-hydroxylation sites is 1. The molecule has 6 nitrogen and oxygen atoms in total. The third-order valence-electron chi connectivity index (χ3n) is 5.53. The maximum Gasteiger partial charge on any atom is 0.232 e. The fourth-order valence-corrected chi connectivity index (χ4v) is 4.03. The number of carbonyl (C=O) groups excluding carboxylic acids is 1. The number of hydrogen-bond donors (Lipinski definition) is 2. The normalized spacial score (nSPS) is 18.4. The van der Waals surface area contributed by atoms with E-state index in [9.17, 15) is 9.90 Å². The van der Waals surface area contributed by atoms with Gasteiger partial charge in [0.2, 0.25) is 5.78 Å². The van der Waals surface area contributed by atoms with E-state index >= 15 is 0 Å². The molecule has 0 saturated carbocycles. The molecule has 1 fully saturated rings. The fourth-order valence-electron chi connectivity index (χ4n) is 4.03. The van der Waals surface area contributed by atoms with E-state index in [1.807, 2.05) is 37.3 Å². The summed E-state index contributed by atoms with van der Waals surface area (Å²) in [4.78, 5) is 15.3. The molecule has 1 saturated heterocycles. The highest BCUT2D eigenvalue weighted by atomic mass is 16.5. The summed E-state index contributed by atoms with van der Waals surface area (Å²) in [5.74, 6) is 1.23. The van der Waals surface area contributed by atoms with Crippen molar-refractivity contribution in [2.75, 3.05) is 26.2 Å². The van der Waals surface area contributed by atoms with Gasteiger partial charge in [0, 0.05) is 44.2 Å². The van der Waals surface area contributed by atoms with Crippen LogP contribution in [0.5, 0.6) is 11.5 Å². The summed E-state index contributed by atoms with van der Waals surface area (Å²) < 4.78 is 11.8. The second kappa shape index (κ2) is 7.06. The molecule has 3 heterocycles. The summed E-state index contributed by atoms with van der Waals surface area (Å²) in [6.07, 6.45) is 1.63. The van der Waals surface area contributed by atoms with Gasteiger partial charge in [-0.15, -0.1) is 0 Å². The minimum absolute atomic E-state index is 0.164. The van der Waals surface area contributed by atoms with Gasteiger partial charge in [-0.2, -0.15) is 0 Å². The zero-order valence-corrected chi connectivity index (χ0v) is 16.2. The van der Waals surface area contributed by atoms with Gasteiger partial charge in [-0.25, -0.2) is 0 Å². The van der Waals surface area contributed by atoms with Crippen LogP contribution in [0.4, 0.5) is 0 Å². The quantitative estimate of drug-likeness (QED) is 0.667. The third kappa shape index (κ3) is 3.20. The fraction of sp³-hybridized carbons (Fsp3) is 0.261. The molecule has 2 aliphatic rings. The molecule has 6 heteroatoms. The van der Waals surface area contributed by atoms with Gasteiger partial charge in [0.1, 0.15) is 22.8 Å². The number of aryl methyl sites for hydroxylation is 1. The molecule has 148 valence electrons. The van der Waals surface area contributed by atoms with E-state index in [0.717, 1.165) is 37.1 Å². The first-order chi connectivity index (χ1) is 14.1. The number of rotatable bonds is 3. The molecule has 2 N–H and O–H groups in total. The summed E-state index contributed by atoms with van der Waals surface area (Å²) >= 11 is 0. The molecule has 0 unspecified atom stereocenters. The number of furan rings is 1. The van der Waals surface area contributed by atoms with E-state index in [-0.39, 0.29) is 17.3 Å². The summed E-state index contributed by atoms with van der Waals surface area (Å²) in [5, 5.41) is 14.9. The summed E-state index contributed by atoms with van der Waals surface area (Å²) in [6, 6.07) is 11.2. The van der Waals surface area contributed by atoms with E-state index in [1.54, 1.807) is 12.1 Å². The van der Waals surface area contributed by atoms with E-state index in [1.165, 1.54) is 0 Å². The van der Waals surface area contributed by atoms with Gasteiger partial charge < -0.3 is 19.6 Å². The Kier molecular flexibility index (Phi) is 4.38. The largest absolute Gasteiger partial charge is 0.507 e. The molecular weight excluding hydrogens is 368 g/mol. The van der Waals surface area contributed by atoms with Gasteiger partial charge in [0.25, 0.3) is 0 Å². The van der Waals surface area contributed by atoms with Crippen LogP contribution in [0.3, 0.4) is 0 Å². The predicted molar refractivity (Wildman–Crippen MR) is 110 cm³/mol. The lowest BCUT2D eigenvalue weighted by Gasteiger charge is -2.28. The highest BCUT2D eigenvalue weighted by molar-refractivity contribution is 6.15. The van der Waals surface area contributed by atoms with E-state index in [2.05, 4.69) is 10.2 Å². The number of ether oxygens (including phenoxy) is 1. The number of carbonyl (C=O) groups is 1.